The number of aromatic nitrogens is 1. The van der Waals surface area contributed by atoms with Gasteiger partial charge in [0, 0.05) is 24.3 Å². The van der Waals surface area contributed by atoms with Crippen LogP contribution in [0.2, 0.25) is 0 Å². The number of nitrogens with one attached hydrogen (secondary N) is 1. The molecule has 0 aliphatic heterocycles. The summed E-state index contributed by atoms with van der Waals surface area (Å²) >= 11 is 1.39. The molecule has 2 aromatic carbocycles. The summed E-state index contributed by atoms with van der Waals surface area (Å²) in [5.74, 6) is 5.94. The van der Waals surface area contributed by atoms with Crippen LogP contribution in [0.5, 0.6) is 0 Å². The van der Waals surface area contributed by atoms with Crippen molar-refractivity contribution in [1.82, 2.24) is 10.3 Å². The van der Waals surface area contributed by atoms with Crippen LogP contribution in [0.25, 0.3) is 11.1 Å². The number of hydrogen-bond acceptors (Lipinski definition) is 5. The quantitative estimate of drug-likeness (QED) is 0.500. The third kappa shape index (κ3) is 4.32. The number of aliphatic hydroxyl groups excluding tert-OH is 1. The zero-order valence-corrected chi connectivity index (χ0v) is 16.5. The topological polar surface area (TPSA) is 71.5 Å². The SMILES string of the molecule is O=C(NCCC#Cc1nc(CO)cs1)OCC1c2ccccc2-c2ccccc21. The smallest absolute Gasteiger partial charge is 0.407 e. The number of fused-ring (bicyclic) bond motifs is 3. The van der Waals surface area contributed by atoms with E-state index in [0.717, 1.165) is 0 Å². The Bertz CT molecular complexity index is 1040. The highest BCUT2D eigenvalue weighted by Gasteiger charge is 2.28. The van der Waals surface area contributed by atoms with Crippen molar-refractivity contribution in [3.8, 4) is 23.0 Å². The summed E-state index contributed by atoms with van der Waals surface area (Å²) in [5.41, 5.74) is 5.42. The predicted octanol–water partition coefficient (Wildman–Crippen LogP) is 3.92. The summed E-state index contributed by atoms with van der Waals surface area (Å²) in [4.78, 5) is 16.2. The Morgan fingerprint density at radius 3 is 2.48 bits per heavy atom. The molecule has 0 saturated carbocycles. The van der Waals surface area contributed by atoms with Gasteiger partial charge >= 0.3 is 6.09 Å². The highest BCUT2D eigenvalue weighted by molar-refractivity contribution is 7.10. The summed E-state index contributed by atoms with van der Waals surface area (Å²) in [6.07, 6.45) is 0.0589. The Kier molecular flexibility index (Phi) is 5.89. The summed E-state index contributed by atoms with van der Waals surface area (Å²) in [7, 11) is 0. The molecule has 5 nitrogen and oxygen atoms in total. The van der Waals surface area contributed by atoms with E-state index in [1.54, 1.807) is 5.38 Å². The van der Waals surface area contributed by atoms with Crippen LogP contribution in [-0.2, 0) is 11.3 Å². The largest absolute Gasteiger partial charge is 0.449 e. The van der Waals surface area contributed by atoms with Crippen molar-refractivity contribution in [2.24, 2.45) is 0 Å². The maximum absolute atomic E-state index is 12.1. The number of rotatable bonds is 5. The van der Waals surface area contributed by atoms with Gasteiger partial charge in [-0.15, -0.1) is 11.3 Å². The zero-order chi connectivity index (χ0) is 20.1. The van der Waals surface area contributed by atoms with Gasteiger partial charge in [-0.25, -0.2) is 9.78 Å². The Morgan fingerprint density at radius 1 is 1.14 bits per heavy atom. The van der Waals surface area contributed by atoms with Crippen molar-refractivity contribution in [2.75, 3.05) is 13.2 Å². The van der Waals surface area contributed by atoms with E-state index < -0.39 is 6.09 Å². The molecule has 0 atom stereocenters. The molecule has 3 aromatic rings. The molecule has 1 heterocycles. The molecule has 4 rings (SSSR count). The Balaban J connectivity index is 1.28. The number of nitrogens with zero attached hydrogens (tertiary/aromatic N) is 1. The van der Waals surface area contributed by atoms with E-state index in [1.807, 2.05) is 24.3 Å². The molecule has 6 heteroatoms. The molecule has 29 heavy (non-hydrogen) atoms. The summed E-state index contributed by atoms with van der Waals surface area (Å²) in [5, 5.41) is 14.2. The molecule has 1 aliphatic carbocycles. The van der Waals surface area contributed by atoms with Crippen molar-refractivity contribution in [3.63, 3.8) is 0 Å². The van der Waals surface area contributed by atoms with Crippen LogP contribution in [0.3, 0.4) is 0 Å². The van der Waals surface area contributed by atoms with Crippen LogP contribution in [0.15, 0.2) is 53.9 Å². The van der Waals surface area contributed by atoms with Gasteiger partial charge in [0.2, 0.25) is 0 Å². The summed E-state index contributed by atoms with van der Waals surface area (Å²) < 4.78 is 5.49. The average molecular weight is 404 g/mol. The van der Waals surface area contributed by atoms with Gasteiger partial charge in [0.15, 0.2) is 5.01 Å². The fourth-order valence-electron chi connectivity index (χ4n) is 3.45. The fourth-order valence-corrected chi connectivity index (χ4v) is 4.13. The van der Waals surface area contributed by atoms with Gasteiger partial charge in [0.05, 0.1) is 12.3 Å². The van der Waals surface area contributed by atoms with Gasteiger partial charge in [0.25, 0.3) is 0 Å². The van der Waals surface area contributed by atoms with Gasteiger partial charge in [-0.3, -0.25) is 0 Å². The second-order valence-electron chi connectivity index (χ2n) is 6.61. The number of benzene rings is 2. The molecule has 0 unspecified atom stereocenters. The fraction of sp³-hybridized carbons (Fsp3) is 0.217. The van der Waals surface area contributed by atoms with Crippen LogP contribution >= 0.6 is 11.3 Å². The minimum atomic E-state index is -0.439. The van der Waals surface area contributed by atoms with Crippen LogP contribution in [0, 0.1) is 11.8 Å². The zero-order valence-electron chi connectivity index (χ0n) is 15.7. The van der Waals surface area contributed by atoms with E-state index in [9.17, 15) is 4.79 Å². The van der Waals surface area contributed by atoms with Crippen molar-refractivity contribution >= 4 is 17.4 Å². The van der Waals surface area contributed by atoms with Gasteiger partial charge in [0.1, 0.15) is 6.61 Å². The predicted molar refractivity (Wildman–Crippen MR) is 113 cm³/mol. The normalized spacial score (nSPS) is 11.9. The highest BCUT2D eigenvalue weighted by Crippen LogP contribution is 2.44. The standard InChI is InChI=1S/C23H20N2O3S/c26-13-16-15-29-22(25-16)11-5-6-12-24-23(27)28-14-21-19-9-3-1-7-17(19)18-8-2-4-10-20(18)21/h1-4,7-10,15,21,26H,6,12-14H2,(H,24,27). The molecule has 146 valence electrons. The minimum Gasteiger partial charge on any atom is -0.449 e. The average Bonchev–Trinajstić information content (AvgIpc) is 3.34. The Hall–Kier alpha value is -3.14. The molecule has 0 fully saturated rings. The molecule has 0 saturated heterocycles. The van der Waals surface area contributed by atoms with Crippen molar-refractivity contribution in [1.29, 1.82) is 0 Å². The minimum absolute atomic E-state index is 0.0542. The molecule has 0 radical (unpaired) electrons. The number of thiazole rings is 1. The molecule has 1 aromatic heterocycles. The first-order valence-corrected chi connectivity index (χ1v) is 10.3. The second-order valence-corrected chi connectivity index (χ2v) is 7.46. The van der Waals surface area contributed by atoms with Gasteiger partial charge in [-0.2, -0.15) is 0 Å². The number of amides is 1. The molecular formula is C23H20N2O3S. The second kappa shape index (κ2) is 8.91. The van der Waals surface area contributed by atoms with Gasteiger partial charge in [-0.1, -0.05) is 54.5 Å². The number of ether oxygens (including phenoxy) is 1. The lowest BCUT2D eigenvalue weighted by Gasteiger charge is -2.14. The number of aliphatic hydroxyl groups is 1. The van der Waals surface area contributed by atoms with E-state index >= 15 is 0 Å². The highest BCUT2D eigenvalue weighted by atomic mass is 32.1. The molecular weight excluding hydrogens is 384 g/mol. The maximum Gasteiger partial charge on any atom is 0.407 e. The van der Waals surface area contributed by atoms with E-state index in [-0.39, 0.29) is 12.5 Å². The molecule has 0 spiro atoms. The lowest BCUT2D eigenvalue weighted by molar-refractivity contribution is 0.143. The van der Waals surface area contributed by atoms with E-state index in [4.69, 9.17) is 9.84 Å². The summed E-state index contributed by atoms with van der Waals surface area (Å²) in [6.45, 7) is 0.623. The van der Waals surface area contributed by atoms with Crippen molar-refractivity contribution in [3.05, 3.63) is 75.7 Å². The lowest BCUT2D eigenvalue weighted by atomic mass is 9.98. The first-order valence-electron chi connectivity index (χ1n) is 9.39. The molecule has 0 bridgehead atoms. The number of alkyl carbamates (subject to hydrolysis) is 1. The van der Waals surface area contributed by atoms with Crippen molar-refractivity contribution < 1.29 is 14.6 Å². The molecule has 2 N–H and O–H groups in total. The number of hydrogen-bond donors (Lipinski definition) is 2. The van der Waals surface area contributed by atoms with Crippen LogP contribution < -0.4 is 5.32 Å². The number of carbonyl (C=O) groups excluding carboxylic acids is 1. The van der Waals surface area contributed by atoms with Gasteiger partial charge in [-0.05, 0) is 28.2 Å². The maximum atomic E-state index is 12.1. The first kappa shape index (κ1) is 19.2. The Labute approximate surface area is 173 Å². The van der Waals surface area contributed by atoms with Crippen molar-refractivity contribution in [2.45, 2.75) is 18.9 Å². The van der Waals surface area contributed by atoms with Crippen LogP contribution in [0.4, 0.5) is 4.79 Å². The van der Waals surface area contributed by atoms with Crippen LogP contribution in [-0.4, -0.2) is 29.3 Å². The third-order valence-corrected chi connectivity index (χ3v) is 5.58. The Morgan fingerprint density at radius 2 is 1.83 bits per heavy atom. The van der Waals surface area contributed by atoms with E-state index in [2.05, 4.69) is 46.4 Å². The van der Waals surface area contributed by atoms with Gasteiger partial charge < -0.3 is 15.2 Å². The van der Waals surface area contributed by atoms with E-state index in [0.29, 0.717) is 30.3 Å². The molecule has 1 aliphatic rings. The first-order chi connectivity index (χ1) is 14.3. The van der Waals surface area contributed by atoms with E-state index in [1.165, 1.54) is 33.6 Å². The monoisotopic (exact) mass is 404 g/mol. The number of carbonyl (C=O) groups is 1. The lowest BCUT2D eigenvalue weighted by Crippen LogP contribution is -2.26. The summed E-state index contributed by atoms with van der Waals surface area (Å²) in [6, 6.07) is 16.5. The van der Waals surface area contributed by atoms with Crippen LogP contribution in [0.1, 0.15) is 34.2 Å². The third-order valence-electron chi connectivity index (χ3n) is 4.77. The molecule has 1 amide bonds.